The summed E-state index contributed by atoms with van der Waals surface area (Å²) in [5.74, 6) is 0.407. The molecule has 17 heavy (non-hydrogen) atoms. The van der Waals surface area contributed by atoms with Gasteiger partial charge in [-0.1, -0.05) is 31.9 Å². The molecule has 1 amide bonds. The van der Waals surface area contributed by atoms with Crippen LogP contribution in [0.4, 0.5) is 5.82 Å². The van der Waals surface area contributed by atoms with Gasteiger partial charge in [-0.25, -0.2) is 4.98 Å². The highest BCUT2D eigenvalue weighted by molar-refractivity contribution is 6.33. The Kier molecular flexibility index (Phi) is 4.75. The Bertz CT molecular complexity index is 409. The van der Waals surface area contributed by atoms with Gasteiger partial charge in [0, 0.05) is 6.04 Å². The molecule has 2 unspecified atom stereocenters. The second kappa shape index (κ2) is 5.87. The van der Waals surface area contributed by atoms with Crippen molar-refractivity contribution < 1.29 is 4.79 Å². The zero-order valence-electron chi connectivity index (χ0n) is 10.3. The quantitative estimate of drug-likeness (QED) is 0.869. The van der Waals surface area contributed by atoms with Crippen molar-refractivity contribution in [2.75, 3.05) is 5.73 Å². The lowest BCUT2D eigenvalue weighted by Crippen LogP contribution is -2.37. The minimum atomic E-state index is -0.282. The first kappa shape index (κ1) is 13.8. The molecule has 0 saturated heterocycles. The zero-order chi connectivity index (χ0) is 13.0. The van der Waals surface area contributed by atoms with E-state index >= 15 is 0 Å². The number of nitrogens with zero attached hydrogens (tertiary/aromatic N) is 1. The number of nitrogens with one attached hydrogen (secondary N) is 1. The van der Waals surface area contributed by atoms with E-state index in [4.69, 9.17) is 17.3 Å². The summed E-state index contributed by atoms with van der Waals surface area (Å²) in [5, 5.41) is 3.19. The molecule has 0 aromatic carbocycles. The van der Waals surface area contributed by atoms with Crippen LogP contribution in [0.15, 0.2) is 12.1 Å². The normalized spacial score (nSPS) is 14.1. The summed E-state index contributed by atoms with van der Waals surface area (Å²) < 4.78 is 0. The van der Waals surface area contributed by atoms with Gasteiger partial charge >= 0.3 is 0 Å². The van der Waals surface area contributed by atoms with Gasteiger partial charge in [0.25, 0.3) is 5.91 Å². The SMILES string of the molecule is CCC(C)C(C)NC(=O)c1nc(N)ccc1Cl. The molecule has 0 spiro atoms. The van der Waals surface area contributed by atoms with Crippen molar-refractivity contribution in [2.45, 2.75) is 33.2 Å². The highest BCUT2D eigenvalue weighted by Crippen LogP contribution is 2.16. The van der Waals surface area contributed by atoms with Crippen molar-refractivity contribution in [1.82, 2.24) is 10.3 Å². The van der Waals surface area contributed by atoms with Crippen LogP contribution in [-0.2, 0) is 0 Å². The van der Waals surface area contributed by atoms with Gasteiger partial charge in [-0.3, -0.25) is 4.79 Å². The fourth-order valence-corrected chi connectivity index (χ4v) is 1.58. The van der Waals surface area contributed by atoms with Crippen LogP contribution in [0.2, 0.25) is 5.02 Å². The van der Waals surface area contributed by atoms with E-state index in [1.54, 1.807) is 12.1 Å². The lowest BCUT2D eigenvalue weighted by atomic mass is 10.0. The maximum Gasteiger partial charge on any atom is 0.271 e. The number of anilines is 1. The van der Waals surface area contributed by atoms with Crippen molar-refractivity contribution in [2.24, 2.45) is 5.92 Å². The Morgan fingerprint density at radius 2 is 2.18 bits per heavy atom. The first-order valence-electron chi connectivity index (χ1n) is 5.68. The largest absolute Gasteiger partial charge is 0.384 e. The van der Waals surface area contributed by atoms with E-state index < -0.39 is 0 Å². The maximum atomic E-state index is 11.9. The average Bonchev–Trinajstić information content (AvgIpc) is 2.30. The molecule has 1 heterocycles. The minimum Gasteiger partial charge on any atom is -0.384 e. The lowest BCUT2D eigenvalue weighted by molar-refractivity contribution is 0.0923. The number of hydrogen-bond donors (Lipinski definition) is 2. The van der Waals surface area contributed by atoms with Gasteiger partial charge in [0.05, 0.1) is 5.02 Å². The Labute approximate surface area is 107 Å². The molecule has 0 fully saturated rings. The van der Waals surface area contributed by atoms with Gasteiger partial charge < -0.3 is 11.1 Å². The molecule has 3 N–H and O–H groups in total. The summed E-state index contributed by atoms with van der Waals surface area (Å²) in [6.07, 6.45) is 1.000. The molecule has 0 radical (unpaired) electrons. The second-order valence-electron chi connectivity index (χ2n) is 4.21. The van der Waals surface area contributed by atoms with Gasteiger partial charge in [-0.15, -0.1) is 0 Å². The third-order valence-corrected chi connectivity index (χ3v) is 3.24. The van der Waals surface area contributed by atoms with E-state index in [9.17, 15) is 4.79 Å². The summed E-state index contributed by atoms with van der Waals surface area (Å²) in [6.45, 7) is 6.13. The second-order valence-corrected chi connectivity index (χ2v) is 4.62. The van der Waals surface area contributed by atoms with E-state index in [0.29, 0.717) is 10.9 Å². The molecule has 0 aliphatic heterocycles. The van der Waals surface area contributed by atoms with Gasteiger partial charge in [0.1, 0.15) is 11.5 Å². The predicted molar refractivity (Wildman–Crippen MR) is 70.0 cm³/mol. The molecule has 2 atom stereocenters. The third-order valence-electron chi connectivity index (χ3n) is 2.94. The highest BCUT2D eigenvalue weighted by atomic mass is 35.5. The number of nitrogens with two attached hydrogens (primary N) is 1. The van der Waals surface area contributed by atoms with Gasteiger partial charge in [0.15, 0.2) is 0 Å². The molecular weight excluding hydrogens is 238 g/mol. The van der Waals surface area contributed by atoms with Crippen LogP contribution in [0.25, 0.3) is 0 Å². The van der Waals surface area contributed by atoms with Gasteiger partial charge in [-0.2, -0.15) is 0 Å². The fourth-order valence-electron chi connectivity index (χ4n) is 1.39. The molecule has 1 aromatic heterocycles. The summed E-state index contributed by atoms with van der Waals surface area (Å²) in [6, 6.07) is 3.22. The van der Waals surface area contributed by atoms with Crippen LogP contribution in [0, 0.1) is 5.92 Å². The lowest BCUT2D eigenvalue weighted by Gasteiger charge is -2.19. The fraction of sp³-hybridized carbons (Fsp3) is 0.500. The van der Waals surface area contributed by atoms with E-state index in [0.717, 1.165) is 6.42 Å². The van der Waals surface area contributed by atoms with Crippen molar-refractivity contribution in [3.8, 4) is 0 Å². The number of rotatable bonds is 4. The van der Waals surface area contributed by atoms with Crippen LogP contribution in [0.1, 0.15) is 37.7 Å². The van der Waals surface area contributed by atoms with Crippen LogP contribution in [0.5, 0.6) is 0 Å². The molecule has 4 nitrogen and oxygen atoms in total. The maximum absolute atomic E-state index is 11.9. The van der Waals surface area contributed by atoms with Crippen LogP contribution in [-0.4, -0.2) is 16.9 Å². The Hall–Kier alpha value is -1.29. The summed E-state index contributed by atoms with van der Waals surface area (Å²) in [7, 11) is 0. The summed E-state index contributed by atoms with van der Waals surface area (Å²) in [5.41, 5.74) is 5.71. The number of carbonyl (C=O) groups is 1. The summed E-state index contributed by atoms with van der Waals surface area (Å²) in [4.78, 5) is 15.9. The Morgan fingerprint density at radius 1 is 1.53 bits per heavy atom. The smallest absolute Gasteiger partial charge is 0.271 e. The molecule has 1 aromatic rings. The Balaban J connectivity index is 2.79. The van der Waals surface area contributed by atoms with Gasteiger partial charge in [-0.05, 0) is 25.0 Å². The molecule has 0 aliphatic carbocycles. The number of hydrogen-bond acceptors (Lipinski definition) is 3. The van der Waals surface area contributed by atoms with Crippen LogP contribution < -0.4 is 11.1 Å². The van der Waals surface area contributed by atoms with Crippen LogP contribution >= 0.6 is 11.6 Å². The van der Waals surface area contributed by atoms with E-state index in [-0.39, 0.29) is 23.5 Å². The Morgan fingerprint density at radius 3 is 2.76 bits per heavy atom. The first-order valence-corrected chi connectivity index (χ1v) is 6.06. The number of pyridine rings is 1. The van der Waals surface area contributed by atoms with Crippen molar-refractivity contribution in [1.29, 1.82) is 0 Å². The number of nitrogen functional groups attached to an aromatic ring is 1. The van der Waals surface area contributed by atoms with E-state index in [1.165, 1.54) is 0 Å². The van der Waals surface area contributed by atoms with Crippen LogP contribution in [0.3, 0.4) is 0 Å². The minimum absolute atomic E-state index is 0.0757. The molecule has 0 saturated carbocycles. The molecule has 94 valence electrons. The number of amides is 1. The zero-order valence-corrected chi connectivity index (χ0v) is 11.1. The monoisotopic (exact) mass is 255 g/mol. The van der Waals surface area contributed by atoms with Crippen molar-refractivity contribution >= 4 is 23.3 Å². The molecule has 0 aliphatic rings. The standard InChI is InChI=1S/C12H18ClN3O/c1-4-7(2)8(3)15-12(17)11-9(13)5-6-10(14)16-11/h5-8H,4H2,1-3H3,(H2,14,16)(H,15,17). The average molecular weight is 256 g/mol. The number of aromatic nitrogens is 1. The van der Waals surface area contributed by atoms with E-state index in [1.807, 2.05) is 6.92 Å². The summed E-state index contributed by atoms with van der Waals surface area (Å²) >= 11 is 5.91. The molecular formula is C12H18ClN3O. The van der Waals surface area contributed by atoms with Gasteiger partial charge in [0.2, 0.25) is 0 Å². The van der Waals surface area contributed by atoms with Crippen molar-refractivity contribution in [3.05, 3.63) is 22.8 Å². The molecule has 0 bridgehead atoms. The molecule has 1 rings (SSSR count). The highest BCUT2D eigenvalue weighted by Gasteiger charge is 2.17. The number of carbonyl (C=O) groups excluding carboxylic acids is 1. The first-order chi connectivity index (χ1) is 7.95. The topological polar surface area (TPSA) is 68.0 Å². The molecule has 5 heteroatoms. The number of halogens is 1. The predicted octanol–water partition coefficient (Wildman–Crippen LogP) is 2.48. The van der Waals surface area contributed by atoms with E-state index in [2.05, 4.69) is 24.1 Å². The van der Waals surface area contributed by atoms with Crippen molar-refractivity contribution in [3.63, 3.8) is 0 Å². The third kappa shape index (κ3) is 3.60.